The van der Waals surface area contributed by atoms with E-state index < -0.39 is 0 Å². The van der Waals surface area contributed by atoms with Gasteiger partial charge in [0.15, 0.2) is 0 Å². The first-order chi connectivity index (χ1) is 7.27. The Labute approximate surface area is 88.5 Å². The highest BCUT2D eigenvalue weighted by Gasteiger charge is 2.09. The molecule has 0 unspecified atom stereocenters. The highest BCUT2D eigenvalue weighted by Crippen LogP contribution is 2.29. The van der Waals surface area contributed by atoms with Crippen molar-refractivity contribution in [1.29, 1.82) is 5.26 Å². The summed E-state index contributed by atoms with van der Waals surface area (Å²) >= 11 is 0. The Morgan fingerprint density at radius 3 is 2.93 bits per heavy atom. The first-order valence-corrected chi connectivity index (χ1v) is 4.75. The van der Waals surface area contributed by atoms with Crippen LogP contribution in [0, 0.1) is 11.3 Å². The summed E-state index contributed by atoms with van der Waals surface area (Å²) in [5.41, 5.74) is 2.10. The molecule has 0 saturated heterocycles. The van der Waals surface area contributed by atoms with Crippen molar-refractivity contribution in [3.8, 4) is 11.8 Å². The SMILES string of the molecule is COc1cccc2c(CC#N)cn(C)c12. The maximum Gasteiger partial charge on any atom is 0.143 e. The molecular weight excluding hydrogens is 188 g/mol. The summed E-state index contributed by atoms with van der Waals surface area (Å²) in [6.45, 7) is 0. The lowest BCUT2D eigenvalue weighted by Gasteiger charge is -2.03. The summed E-state index contributed by atoms with van der Waals surface area (Å²) in [6.07, 6.45) is 2.42. The molecule has 0 aliphatic heterocycles. The normalized spacial score (nSPS) is 10.2. The zero-order chi connectivity index (χ0) is 10.8. The van der Waals surface area contributed by atoms with Gasteiger partial charge in [0.1, 0.15) is 5.75 Å². The van der Waals surface area contributed by atoms with Crippen LogP contribution >= 0.6 is 0 Å². The predicted octanol–water partition coefficient (Wildman–Crippen LogP) is 2.25. The molecular formula is C12H12N2O. The molecule has 1 aromatic carbocycles. The van der Waals surface area contributed by atoms with Crippen LogP contribution in [0.5, 0.6) is 5.75 Å². The molecule has 0 aliphatic carbocycles. The van der Waals surface area contributed by atoms with E-state index in [2.05, 4.69) is 6.07 Å². The number of aryl methyl sites for hydroxylation is 1. The van der Waals surface area contributed by atoms with Gasteiger partial charge >= 0.3 is 0 Å². The number of rotatable bonds is 2. The summed E-state index contributed by atoms with van der Waals surface area (Å²) in [4.78, 5) is 0. The van der Waals surface area contributed by atoms with Crippen LogP contribution < -0.4 is 4.74 Å². The maximum absolute atomic E-state index is 8.72. The van der Waals surface area contributed by atoms with Crippen molar-refractivity contribution >= 4 is 10.9 Å². The molecule has 3 heteroatoms. The number of nitrogens with zero attached hydrogens (tertiary/aromatic N) is 2. The van der Waals surface area contributed by atoms with Crippen LogP contribution in [0.3, 0.4) is 0 Å². The van der Waals surface area contributed by atoms with E-state index in [-0.39, 0.29) is 0 Å². The lowest BCUT2D eigenvalue weighted by molar-refractivity contribution is 0.418. The molecule has 0 fully saturated rings. The van der Waals surface area contributed by atoms with Gasteiger partial charge in [0, 0.05) is 18.6 Å². The molecule has 0 atom stereocenters. The Bertz CT molecular complexity index is 534. The number of nitriles is 1. The summed E-state index contributed by atoms with van der Waals surface area (Å²) in [5, 5.41) is 9.82. The third kappa shape index (κ3) is 1.44. The Kier molecular flexibility index (Phi) is 2.34. The highest BCUT2D eigenvalue weighted by molar-refractivity contribution is 5.89. The quantitative estimate of drug-likeness (QED) is 0.745. The average Bonchev–Trinajstić information content (AvgIpc) is 2.57. The Hall–Kier alpha value is -1.95. The second-order valence-corrected chi connectivity index (χ2v) is 3.46. The maximum atomic E-state index is 8.72. The van der Waals surface area contributed by atoms with Gasteiger partial charge in [0.2, 0.25) is 0 Å². The fraction of sp³-hybridized carbons (Fsp3) is 0.250. The zero-order valence-electron chi connectivity index (χ0n) is 8.82. The van der Waals surface area contributed by atoms with E-state index in [0.717, 1.165) is 22.2 Å². The van der Waals surface area contributed by atoms with Gasteiger partial charge < -0.3 is 9.30 Å². The van der Waals surface area contributed by atoms with Gasteiger partial charge in [0.05, 0.1) is 25.1 Å². The molecule has 0 saturated carbocycles. The number of para-hydroxylation sites is 1. The van der Waals surface area contributed by atoms with Gasteiger partial charge in [-0.25, -0.2) is 0 Å². The van der Waals surface area contributed by atoms with Gasteiger partial charge in [-0.2, -0.15) is 5.26 Å². The first-order valence-electron chi connectivity index (χ1n) is 4.75. The molecule has 1 aromatic heterocycles. The predicted molar refractivity (Wildman–Crippen MR) is 58.8 cm³/mol. The van der Waals surface area contributed by atoms with Gasteiger partial charge in [-0.3, -0.25) is 0 Å². The molecule has 0 amide bonds. The van der Waals surface area contributed by atoms with Crippen molar-refractivity contribution in [1.82, 2.24) is 4.57 Å². The van der Waals surface area contributed by atoms with Crippen LogP contribution in [0.4, 0.5) is 0 Å². The van der Waals surface area contributed by atoms with Crippen LogP contribution in [0.15, 0.2) is 24.4 Å². The molecule has 0 N–H and O–H groups in total. The zero-order valence-corrected chi connectivity index (χ0v) is 8.82. The average molecular weight is 200 g/mol. The summed E-state index contributed by atoms with van der Waals surface area (Å²) < 4.78 is 7.30. The smallest absolute Gasteiger partial charge is 0.143 e. The van der Waals surface area contributed by atoms with E-state index in [0.29, 0.717) is 6.42 Å². The van der Waals surface area contributed by atoms with Crippen LogP contribution in [-0.2, 0) is 13.5 Å². The molecule has 0 radical (unpaired) electrons. The van der Waals surface area contributed by atoms with Crippen molar-refractivity contribution in [2.24, 2.45) is 7.05 Å². The second kappa shape index (κ2) is 3.66. The standard InChI is InChI=1S/C12H12N2O/c1-14-8-9(6-7-13)10-4-3-5-11(15-2)12(10)14/h3-5,8H,6H2,1-2H3. The van der Waals surface area contributed by atoms with Crippen molar-refractivity contribution in [2.45, 2.75) is 6.42 Å². The molecule has 0 spiro atoms. The summed E-state index contributed by atoms with van der Waals surface area (Å²) in [5.74, 6) is 0.846. The Balaban J connectivity index is 2.75. The second-order valence-electron chi connectivity index (χ2n) is 3.46. The van der Waals surface area contributed by atoms with E-state index >= 15 is 0 Å². The van der Waals surface area contributed by atoms with E-state index in [1.807, 2.05) is 36.0 Å². The van der Waals surface area contributed by atoms with Gasteiger partial charge in [-0.1, -0.05) is 12.1 Å². The molecule has 2 rings (SSSR count). The number of hydrogen-bond acceptors (Lipinski definition) is 2. The number of benzene rings is 1. The van der Waals surface area contributed by atoms with E-state index in [1.165, 1.54) is 0 Å². The molecule has 0 bridgehead atoms. The van der Waals surface area contributed by atoms with Crippen molar-refractivity contribution in [3.63, 3.8) is 0 Å². The molecule has 3 nitrogen and oxygen atoms in total. The molecule has 15 heavy (non-hydrogen) atoms. The van der Waals surface area contributed by atoms with Gasteiger partial charge in [-0.05, 0) is 11.6 Å². The number of fused-ring (bicyclic) bond motifs is 1. The largest absolute Gasteiger partial charge is 0.495 e. The number of aromatic nitrogens is 1. The molecule has 76 valence electrons. The van der Waals surface area contributed by atoms with Crippen molar-refractivity contribution in [2.75, 3.05) is 7.11 Å². The monoisotopic (exact) mass is 200 g/mol. The minimum Gasteiger partial charge on any atom is -0.495 e. The van der Waals surface area contributed by atoms with Crippen molar-refractivity contribution in [3.05, 3.63) is 30.0 Å². The fourth-order valence-electron chi connectivity index (χ4n) is 1.90. The molecule has 0 aliphatic rings. The topological polar surface area (TPSA) is 37.9 Å². The Morgan fingerprint density at radius 2 is 2.27 bits per heavy atom. The fourth-order valence-corrected chi connectivity index (χ4v) is 1.90. The van der Waals surface area contributed by atoms with Crippen molar-refractivity contribution < 1.29 is 4.74 Å². The minimum atomic E-state index is 0.435. The number of methoxy groups -OCH3 is 1. The third-order valence-electron chi connectivity index (χ3n) is 2.54. The van der Waals surface area contributed by atoms with Crippen LogP contribution in [0.1, 0.15) is 5.56 Å². The first kappa shape index (κ1) is 9.60. The van der Waals surface area contributed by atoms with Crippen LogP contribution in [-0.4, -0.2) is 11.7 Å². The number of hydrogen-bond donors (Lipinski definition) is 0. The van der Waals surface area contributed by atoms with Gasteiger partial charge in [-0.15, -0.1) is 0 Å². The summed E-state index contributed by atoms with van der Waals surface area (Å²) in [7, 11) is 3.62. The highest BCUT2D eigenvalue weighted by atomic mass is 16.5. The third-order valence-corrected chi connectivity index (χ3v) is 2.54. The van der Waals surface area contributed by atoms with E-state index in [1.54, 1.807) is 7.11 Å². The molecule has 1 heterocycles. The van der Waals surface area contributed by atoms with Crippen LogP contribution in [0.25, 0.3) is 10.9 Å². The van der Waals surface area contributed by atoms with E-state index in [9.17, 15) is 0 Å². The van der Waals surface area contributed by atoms with Gasteiger partial charge in [0.25, 0.3) is 0 Å². The lowest BCUT2D eigenvalue weighted by atomic mass is 10.1. The lowest BCUT2D eigenvalue weighted by Crippen LogP contribution is -1.89. The summed E-state index contributed by atoms with van der Waals surface area (Å²) in [6, 6.07) is 8.07. The molecule has 2 aromatic rings. The van der Waals surface area contributed by atoms with Crippen LogP contribution in [0.2, 0.25) is 0 Å². The minimum absolute atomic E-state index is 0.435. The Morgan fingerprint density at radius 1 is 1.47 bits per heavy atom. The number of ether oxygens (including phenoxy) is 1. The van der Waals surface area contributed by atoms with E-state index in [4.69, 9.17) is 10.00 Å².